The number of piperidine rings is 1. The molecule has 0 atom stereocenters. The van der Waals surface area contributed by atoms with Crippen LogP contribution in [-0.4, -0.2) is 54.0 Å². The van der Waals surface area contributed by atoms with Crippen molar-refractivity contribution in [2.45, 2.75) is 51.7 Å². The molecule has 0 saturated carbocycles. The van der Waals surface area contributed by atoms with E-state index in [0.29, 0.717) is 0 Å². The van der Waals surface area contributed by atoms with E-state index in [9.17, 15) is 4.79 Å². The second-order valence-electron chi connectivity index (χ2n) is 5.84. The SMILES string of the molecule is CC(C)(C)OC(=O)NC1CCN(CCCO)CC1. The normalized spacial score (nSPS) is 18.7. The first-order valence-electron chi connectivity index (χ1n) is 6.73. The number of hydrogen-bond acceptors (Lipinski definition) is 4. The average molecular weight is 258 g/mol. The minimum Gasteiger partial charge on any atom is -0.444 e. The number of hydrogen-bond donors (Lipinski definition) is 2. The Morgan fingerprint density at radius 1 is 1.39 bits per heavy atom. The van der Waals surface area contributed by atoms with E-state index in [1.54, 1.807) is 0 Å². The smallest absolute Gasteiger partial charge is 0.407 e. The molecule has 0 aromatic carbocycles. The predicted octanol–water partition coefficient (Wildman–Crippen LogP) is 1.36. The van der Waals surface area contributed by atoms with Gasteiger partial charge >= 0.3 is 6.09 Å². The molecular weight excluding hydrogens is 232 g/mol. The second-order valence-corrected chi connectivity index (χ2v) is 5.84. The van der Waals surface area contributed by atoms with Crippen molar-refractivity contribution in [3.05, 3.63) is 0 Å². The summed E-state index contributed by atoms with van der Waals surface area (Å²) < 4.78 is 5.24. The van der Waals surface area contributed by atoms with E-state index >= 15 is 0 Å². The van der Waals surface area contributed by atoms with Crippen molar-refractivity contribution in [3.63, 3.8) is 0 Å². The Labute approximate surface area is 109 Å². The number of rotatable bonds is 4. The molecule has 1 fully saturated rings. The summed E-state index contributed by atoms with van der Waals surface area (Å²) in [6.07, 6.45) is 2.40. The number of alkyl carbamates (subject to hydrolysis) is 1. The zero-order valence-electron chi connectivity index (χ0n) is 11.7. The highest BCUT2D eigenvalue weighted by Gasteiger charge is 2.23. The van der Waals surface area contributed by atoms with Crippen molar-refractivity contribution < 1.29 is 14.6 Å². The highest BCUT2D eigenvalue weighted by atomic mass is 16.6. The third-order valence-corrected chi connectivity index (χ3v) is 2.94. The molecule has 5 heteroatoms. The lowest BCUT2D eigenvalue weighted by Crippen LogP contribution is -2.46. The number of amides is 1. The van der Waals surface area contributed by atoms with Crippen LogP contribution < -0.4 is 5.32 Å². The molecule has 0 aliphatic carbocycles. The number of nitrogens with zero attached hydrogens (tertiary/aromatic N) is 1. The van der Waals surface area contributed by atoms with Crippen LogP contribution in [0.2, 0.25) is 0 Å². The van der Waals surface area contributed by atoms with Gasteiger partial charge in [0, 0.05) is 32.3 Å². The van der Waals surface area contributed by atoms with Crippen LogP contribution in [0.5, 0.6) is 0 Å². The van der Waals surface area contributed by atoms with Gasteiger partial charge in [-0.15, -0.1) is 0 Å². The van der Waals surface area contributed by atoms with Crippen molar-refractivity contribution in [3.8, 4) is 0 Å². The molecule has 5 nitrogen and oxygen atoms in total. The van der Waals surface area contributed by atoms with Crippen molar-refractivity contribution in [1.82, 2.24) is 10.2 Å². The van der Waals surface area contributed by atoms with Gasteiger partial charge in [-0.05, 0) is 40.0 Å². The van der Waals surface area contributed by atoms with Crippen molar-refractivity contribution >= 4 is 6.09 Å². The maximum atomic E-state index is 11.6. The van der Waals surface area contributed by atoms with Gasteiger partial charge in [0.1, 0.15) is 5.60 Å². The molecule has 18 heavy (non-hydrogen) atoms. The van der Waals surface area contributed by atoms with E-state index in [2.05, 4.69) is 10.2 Å². The van der Waals surface area contributed by atoms with Gasteiger partial charge in [0.2, 0.25) is 0 Å². The molecule has 106 valence electrons. The van der Waals surface area contributed by atoms with Crippen LogP contribution in [-0.2, 0) is 4.74 Å². The Kier molecular flexibility index (Phi) is 5.88. The molecule has 1 amide bonds. The van der Waals surface area contributed by atoms with Crippen LogP contribution in [0.4, 0.5) is 4.79 Å². The third kappa shape index (κ3) is 6.21. The first-order chi connectivity index (χ1) is 8.40. The summed E-state index contributed by atoms with van der Waals surface area (Å²) in [6, 6.07) is 0.213. The maximum Gasteiger partial charge on any atom is 0.407 e. The van der Waals surface area contributed by atoms with Gasteiger partial charge in [0.05, 0.1) is 0 Å². The number of ether oxygens (including phenoxy) is 1. The molecule has 1 aliphatic rings. The van der Waals surface area contributed by atoms with Gasteiger partial charge in [-0.3, -0.25) is 0 Å². The summed E-state index contributed by atoms with van der Waals surface area (Å²) in [4.78, 5) is 13.9. The van der Waals surface area contributed by atoms with Crippen molar-refractivity contribution in [2.75, 3.05) is 26.2 Å². The molecule has 1 rings (SSSR count). The van der Waals surface area contributed by atoms with E-state index in [0.717, 1.165) is 38.9 Å². The molecule has 0 aromatic rings. The van der Waals surface area contributed by atoms with Gasteiger partial charge in [0.25, 0.3) is 0 Å². The number of aliphatic hydroxyl groups is 1. The van der Waals surface area contributed by atoms with Gasteiger partial charge < -0.3 is 20.1 Å². The summed E-state index contributed by atoms with van der Waals surface area (Å²) in [5.74, 6) is 0. The molecule has 0 aromatic heterocycles. The van der Waals surface area contributed by atoms with Crippen molar-refractivity contribution in [2.24, 2.45) is 0 Å². The Hall–Kier alpha value is -0.810. The fraction of sp³-hybridized carbons (Fsp3) is 0.923. The summed E-state index contributed by atoms with van der Waals surface area (Å²) in [6.45, 7) is 8.73. The Morgan fingerprint density at radius 3 is 2.50 bits per heavy atom. The van der Waals surface area contributed by atoms with Crippen LogP contribution >= 0.6 is 0 Å². The Balaban J connectivity index is 2.21. The number of aliphatic hydroxyl groups excluding tert-OH is 1. The van der Waals surface area contributed by atoms with Gasteiger partial charge in [0.15, 0.2) is 0 Å². The Bertz CT molecular complexity index is 255. The predicted molar refractivity (Wildman–Crippen MR) is 70.5 cm³/mol. The van der Waals surface area contributed by atoms with Gasteiger partial charge in [-0.1, -0.05) is 0 Å². The molecule has 1 heterocycles. The third-order valence-electron chi connectivity index (χ3n) is 2.94. The summed E-state index contributed by atoms with van der Waals surface area (Å²) >= 11 is 0. The van der Waals surface area contributed by atoms with Crippen LogP contribution in [0.25, 0.3) is 0 Å². The molecule has 1 saturated heterocycles. The van der Waals surface area contributed by atoms with Gasteiger partial charge in [-0.2, -0.15) is 0 Å². The highest BCUT2D eigenvalue weighted by molar-refractivity contribution is 5.68. The van der Waals surface area contributed by atoms with E-state index in [-0.39, 0.29) is 18.7 Å². The van der Waals surface area contributed by atoms with Crippen LogP contribution in [0.1, 0.15) is 40.0 Å². The molecular formula is C13H26N2O3. The fourth-order valence-electron chi connectivity index (χ4n) is 2.07. The minimum atomic E-state index is -0.439. The maximum absolute atomic E-state index is 11.6. The molecule has 0 bridgehead atoms. The lowest BCUT2D eigenvalue weighted by molar-refractivity contribution is 0.0478. The number of carbonyl (C=O) groups excluding carboxylic acids is 1. The largest absolute Gasteiger partial charge is 0.444 e. The summed E-state index contributed by atoms with van der Waals surface area (Å²) in [7, 11) is 0. The fourth-order valence-corrected chi connectivity index (χ4v) is 2.07. The first kappa shape index (κ1) is 15.2. The summed E-state index contributed by atoms with van der Waals surface area (Å²) in [5.41, 5.74) is -0.439. The molecule has 1 aliphatic heterocycles. The van der Waals surface area contributed by atoms with Gasteiger partial charge in [-0.25, -0.2) is 4.79 Å². The molecule has 2 N–H and O–H groups in total. The van der Waals surface area contributed by atoms with Crippen molar-refractivity contribution in [1.29, 1.82) is 0 Å². The van der Waals surface area contributed by atoms with E-state index in [4.69, 9.17) is 9.84 Å². The van der Waals surface area contributed by atoms with E-state index in [1.165, 1.54) is 0 Å². The quantitative estimate of drug-likeness (QED) is 0.799. The Morgan fingerprint density at radius 2 is 2.00 bits per heavy atom. The minimum absolute atomic E-state index is 0.213. The molecule has 0 unspecified atom stereocenters. The lowest BCUT2D eigenvalue weighted by Gasteiger charge is -2.32. The second kappa shape index (κ2) is 6.95. The van der Waals surface area contributed by atoms with E-state index in [1.807, 2.05) is 20.8 Å². The topological polar surface area (TPSA) is 61.8 Å². The molecule has 0 spiro atoms. The average Bonchev–Trinajstić information content (AvgIpc) is 2.25. The number of carbonyl (C=O) groups is 1. The zero-order chi connectivity index (χ0) is 13.6. The number of likely N-dealkylation sites (tertiary alicyclic amines) is 1. The van der Waals surface area contributed by atoms with E-state index < -0.39 is 5.60 Å². The highest BCUT2D eigenvalue weighted by Crippen LogP contribution is 2.12. The van der Waals surface area contributed by atoms with Crippen LogP contribution in [0.15, 0.2) is 0 Å². The molecule has 0 radical (unpaired) electrons. The summed E-state index contributed by atoms with van der Waals surface area (Å²) in [5, 5.41) is 11.7. The number of nitrogens with one attached hydrogen (secondary N) is 1. The zero-order valence-corrected chi connectivity index (χ0v) is 11.7. The van der Waals surface area contributed by atoms with Crippen LogP contribution in [0.3, 0.4) is 0 Å². The standard InChI is InChI=1S/C13H26N2O3/c1-13(2,3)18-12(17)14-11-5-8-15(9-6-11)7-4-10-16/h11,16H,4-10H2,1-3H3,(H,14,17). The van der Waals surface area contributed by atoms with Crippen LogP contribution in [0, 0.1) is 0 Å². The lowest BCUT2D eigenvalue weighted by atomic mass is 10.1. The monoisotopic (exact) mass is 258 g/mol. The first-order valence-corrected chi connectivity index (χ1v) is 6.73.